The third-order valence-corrected chi connectivity index (χ3v) is 6.69. The molecule has 0 unspecified atom stereocenters. The predicted molar refractivity (Wildman–Crippen MR) is 95.0 cm³/mol. The summed E-state index contributed by atoms with van der Waals surface area (Å²) in [5.74, 6) is 5.22. The van der Waals surface area contributed by atoms with E-state index in [2.05, 4.69) is 15.5 Å². The fourth-order valence-electron chi connectivity index (χ4n) is 5.72. The quantitative estimate of drug-likeness (QED) is 0.807. The van der Waals surface area contributed by atoms with Crippen LogP contribution in [0.5, 0.6) is 0 Å². The summed E-state index contributed by atoms with van der Waals surface area (Å²) in [6.07, 6.45) is 7.00. The van der Waals surface area contributed by atoms with Crippen molar-refractivity contribution in [3.8, 4) is 0 Å². The number of urea groups is 1. The van der Waals surface area contributed by atoms with E-state index >= 15 is 0 Å². The van der Waals surface area contributed by atoms with Gasteiger partial charge in [0.25, 0.3) is 0 Å². The van der Waals surface area contributed by atoms with Gasteiger partial charge >= 0.3 is 6.03 Å². The van der Waals surface area contributed by atoms with Crippen molar-refractivity contribution in [1.82, 2.24) is 20.4 Å². The highest BCUT2D eigenvalue weighted by Crippen LogP contribution is 2.56. The number of nitrogens with one attached hydrogen (secondary N) is 1. The molecule has 2 amide bonds. The Morgan fingerprint density at radius 2 is 1.92 bits per heavy atom. The molecule has 0 spiro atoms. The molecule has 1 aromatic rings. The van der Waals surface area contributed by atoms with E-state index < -0.39 is 0 Å². The maximum absolute atomic E-state index is 12.6. The van der Waals surface area contributed by atoms with Crippen molar-refractivity contribution in [2.45, 2.75) is 52.2 Å². The lowest BCUT2D eigenvalue weighted by Crippen LogP contribution is -2.50. The van der Waals surface area contributed by atoms with Gasteiger partial charge in [-0.15, -0.1) is 0 Å². The van der Waals surface area contributed by atoms with E-state index in [9.17, 15) is 4.79 Å². The number of hydrogen-bond acceptors (Lipinski definition) is 5. The molecule has 4 aliphatic carbocycles. The first-order chi connectivity index (χ1) is 12.7. The Morgan fingerprint density at radius 1 is 1.23 bits per heavy atom. The first-order valence-corrected chi connectivity index (χ1v) is 9.99. The van der Waals surface area contributed by atoms with Gasteiger partial charge in [-0.25, -0.2) is 4.79 Å². The Labute approximate surface area is 154 Å². The number of ether oxygens (including phenoxy) is 1. The van der Waals surface area contributed by atoms with Gasteiger partial charge in [0.2, 0.25) is 5.89 Å². The first kappa shape index (κ1) is 17.8. The van der Waals surface area contributed by atoms with Crippen molar-refractivity contribution in [3.63, 3.8) is 0 Å². The van der Waals surface area contributed by atoms with Gasteiger partial charge in [-0.3, -0.25) is 0 Å². The maximum Gasteiger partial charge on any atom is 0.317 e. The summed E-state index contributed by atoms with van der Waals surface area (Å²) < 4.78 is 10.2. The number of methoxy groups -OCH3 is 1. The molecular weight excluding hydrogens is 332 g/mol. The molecular formula is C19H30N4O3. The minimum absolute atomic E-state index is 0.0344. The van der Waals surface area contributed by atoms with E-state index in [1.807, 2.05) is 6.92 Å². The average molecular weight is 362 g/mol. The molecule has 7 heteroatoms. The molecule has 26 heavy (non-hydrogen) atoms. The summed E-state index contributed by atoms with van der Waals surface area (Å²) >= 11 is 0. The number of rotatable bonds is 7. The van der Waals surface area contributed by atoms with Gasteiger partial charge in [-0.1, -0.05) is 5.16 Å². The van der Waals surface area contributed by atoms with E-state index in [0.29, 0.717) is 37.3 Å². The molecule has 0 atom stereocenters. The van der Waals surface area contributed by atoms with E-state index in [1.54, 1.807) is 12.0 Å². The SMILES string of the molecule is CCN(Cc1nc(COC)no1)C(=O)NCC1C2CC3CC(C2)CC1C3. The van der Waals surface area contributed by atoms with Gasteiger partial charge in [-0.05, 0) is 68.6 Å². The molecule has 1 heterocycles. The van der Waals surface area contributed by atoms with E-state index in [-0.39, 0.29) is 6.03 Å². The number of amides is 2. The zero-order chi connectivity index (χ0) is 18.1. The summed E-state index contributed by atoms with van der Waals surface area (Å²) in [4.78, 5) is 18.6. The molecule has 4 fully saturated rings. The topological polar surface area (TPSA) is 80.5 Å². The fraction of sp³-hybridized carbons (Fsp3) is 0.842. The largest absolute Gasteiger partial charge is 0.377 e. The number of hydrogen-bond donors (Lipinski definition) is 1. The zero-order valence-electron chi connectivity index (χ0n) is 15.8. The van der Waals surface area contributed by atoms with Crippen molar-refractivity contribution in [3.05, 3.63) is 11.7 Å². The van der Waals surface area contributed by atoms with Crippen LogP contribution in [-0.2, 0) is 17.9 Å². The Bertz CT molecular complexity index is 604. The number of carbonyl (C=O) groups is 1. The molecule has 1 N–H and O–H groups in total. The Hall–Kier alpha value is -1.63. The predicted octanol–water partition coefficient (Wildman–Crippen LogP) is 2.82. The maximum atomic E-state index is 12.6. The lowest BCUT2D eigenvalue weighted by Gasteiger charge is -2.54. The molecule has 5 rings (SSSR count). The Kier molecular flexibility index (Phi) is 5.16. The van der Waals surface area contributed by atoms with Crippen LogP contribution in [0.25, 0.3) is 0 Å². The normalized spacial score (nSPS) is 32.0. The van der Waals surface area contributed by atoms with Gasteiger partial charge in [0, 0.05) is 20.2 Å². The second-order valence-corrected chi connectivity index (χ2v) is 8.33. The van der Waals surface area contributed by atoms with Crippen LogP contribution in [0.15, 0.2) is 4.52 Å². The third-order valence-electron chi connectivity index (χ3n) is 6.69. The van der Waals surface area contributed by atoms with E-state index in [0.717, 1.165) is 30.2 Å². The van der Waals surface area contributed by atoms with Crippen LogP contribution in [0.3, 0.4) is 0 Å². The van der Waals surface area contributed by atoms with Gasteiger partial charge in [0.15, 0.2) is 5.82 Å². The second kappa shape index (κ2) is 7.55. The van der Waals surface area contributed by atoms with Gasteiger partial charge < -0.3 is 19.5 Å². The molecule has 0 radical (unpaired) electrons. The highest BCUT2D eigenvalue weighted by atomic mass is 16.5. The van der Waals surface area contributed by atoms with Crippen LogP contribution < -0.4 is 5.32 Å². The monoisotopic (exact) mass is 362 g/mol. The van der Waals surface area contributed by atoms with Crippen LogP contribution in [0.2, 0.25) is 0 Å². The standard InChI is InChI=1S/C19H30N4O3/c1-3-23(10-18-21-17(11-25-2)22-26-18)19(24)20-9-16-14-5-12-4-13(7-14)8-15(16)6-12/h12-16H,3-11H2,1-2H3,(H,20,24). The fourth-order valence-corrected chi connectivity index (χ4v) is 5.72. The molecule has 0 aliphatic heterocycles. The molecule has 4 bridgehead atoms. The van der Waals surface area contributed by atoms with Gasteiger partial charge in [0.1, 0.15) is 13.2 Å². The number of carbonyl (C=O) groups excluding carboxylic acids is 1. The molecule has 0 saturated heterocycles. The summed E-state index contributed by atoms with van der Waals surface area (Å²) in [7, 11) is 1.59. The minimum Gasteiger partial charge on any atom is -0.377 e. The number of aromatic nitrogens is 2. The third kappa shape index (κ3) is 3.59. The van der Waals surface area contributed by atoms with Crippen LogP contribution in [0.4, 0.5) is 4.79 Å². The summed E-state index contributed by atoms with van der Waals surface area (Å²) in [5, 5.41) is 7.04. The molecule has 7 nitrogen and oxygen atoms in total. The summed E-state index contributed by atoms with van der Waals surface area (Å²) in [5.41, 5.74) is 0. The molecule has 4 saturated carbocycles. The van der Waals surface area contributed by atoms with Crippen LogP contribution in [0, 0.1) is 29.6 Å². The zero-order valence-corrected chi connectivity index (χ0v) is 15.8. The number of nitrogens with zero attached hydrogens (tertiary/aromatic N) is 3. The van der Waals surface area contributed by atoms with Crippen molar-refractivity contribution in [2.24, 2.45) is 29.6 Å². The van der Waals surface area contributed by atoms with E-state index in [1.165, 1.54) is 32.1 Å². The highest BCUT2D eigenvalue weighted by molar-refractivity contribution is 5.74. The van der Waals surface area contributed by atoms with Crippen LogP contribution in [0.1, 0.15) is 50.7 Å². The molecule has 144 valence electrons. The van der Waals surface area contributed by atoms with E-state index in [4.69, 9.17) is 9.26 Å². The second-order valence-electron chi connectivity index (χ2n) is 8.33. The smallest absolute Gasteiger partial charge is 0.317 e. The van der Waals surface area contributed by atoms with Gasteiger partial charge in [0.05, 0.1) is 0 Å². The van der Waals surface area contributed by atoms with Gasteiger partial charge in [-0.2, -0.15) is 4.98 Å². The first-order valence-electron chi connectivity index (χ1n) is 9.99. The lowest BCUT2D eigenvalue weighted by atomic mass is 9.52. The van der Waals surface area contributed by atoms with Crippen LogP contribution in [-0.4, -0.2) is 41.3 Å². The average Bonchev–Trinajstić information content (AvgIpc) is 3.06. The molecule has 0 aromatic carbocycles. The Balaban J connectivity index is 1.30. The van der Waals surface area contributed by atoms with Crippen molar-refractivity contribution >= 4 is 6.03 Å². The summed E-state index contributed by atoms with van der Waals surface area (Å²) in [6, 6.07) is -0.0344. The summed E-state index contributed by atoms with van der Waals surface area (Å²) in [6.45, 7) is 4.03. The molecule has 4 aliphatic rings. The molecule has 1 aromatic heterocycles. The Morgan fingerprint density at radius 3 is 2.54 bits per heavy atom. The van der Waals surface area contributed by atoms with Crippen LogP contribution >= 0.6 is 0 Å². The van der Waals surface area contributed by atoms with Crippen molar-refractivity contribution < 1.29 is 14.1 Å². The van der Waals surface area contributed by atoms with Crippen molar-refractivity contribution in [2.75, 3.05) is 20.2 Å². The lowest BCUT2D eigenvalue weighted by molar-refractivity contribution is -0.0347. The highest BCUT2D eigenvalue weighted by Gasteiger charge is 2.47. The minimum atomic E-state index is -0.0344. The van der Waals surface area contributed by atoms with Crippen molar-refractivity contribution in [1.29, 1.82) is 0 Å².